The summed E-state index contributed by atoms with van der Waals surface area (Å²) in [6, 6.07) is 0. The van der Waals surface area contributed by atoms with Crippen molar-refractivity contribution in [3.05, 3.63) is 10.4 Å². The first-order valence-electron chi connectivity index (χ1n) is 3.91. The van der Waals surface area contributed by atoms with Crippen LogP contribution in [0.2, 0.25) is 4.44 Å². The molecule has 0 fully saturated rings. The maximum absolute atomic E-state index is 5.08. The summed E-state index contributed by atoms with van der Waals surface area (Å²) in [5, 5.41) is 0. The molecule has 0 saturated heterocycles. The van der Waals surface area contributed by atoms with Gasteiger partial charge in [-0.25, -0.2) is 0 Å². The molecule has 0 N–H and O–H groups in total. The van der Waals surface area contributed by atoms with Gasteiger partial charge in [-0.2, -0.15) is 0 Å². The maximum atomic E-state index is 5.08. The van der Waals surface area contributed by atoms with Gasteiger partial charge >= 0.3 is 74.0 Å². The number of unbranched alkanes of at least 4 members (excludes halogenated alkanes) is 1. The number of rotatable bonds is 6. The second-order valence-corrected chi connectivity index (χ2v) is 5.61. The van der Waals surface area contributed by atoms with Crippen molar-refractivity contribution in [3.63, 3.8) is 0 Å². The SMILES string of the molecule is CCC[CH2][Sn][CH]=COCC. The van der Waals surface area contributed by atoms with Crippen LogP contribution in [0.25, 0.3) is 0 Å². The molecule has 2 radical (unpaired) electrons. The van der Waals surface area contributed by atoms with Gasteiger partial charge in [0.25, 0.3) is 0 Å². The fourth-order valence-electron chi connectivity index (χ4n) is 0.555. The van der Waals surface area contributed by atoms with Crippen LogP contribution in [0.15, 0.2) is 10.4 Å². The third-order valence-corrected chi connectivity index (χ3v) is 4.02. The van der Waals surface area contributed by atoms with Crippen molar-refractivity contribution < 1.29 is 4.74 Å². The van der Waals surface area contributed by atoms with Crippen molar-refractivity contribution in [1.82, 2.24) is 0 Å². The van der Waals surface area contributed by atoms with E-state index in [0.717, 1.165) is 6.61 Å². The van der Waals surface area contributed by atoms with Gasteiger partial charge in [-0.15, -0.1) is 0 Å². The van der Waals surface area contributed by atoms with E-state index < -0.39 is 0 Å². The molecule has 0 aromatic rings. The van der Waals surface area contributed by atoms with E-state index in [9.17, 15) is 0 Å². The molecular formula is C8H16OSn. The van der Waals surface area contributed by atoms with Gasteiger partial charge in [0, 0.05) is 0 Å². The van der Waals surface area contributed by atoms with Crippen molar-refractivity contribution in [2.75, 3.05) is 6.61 Å². The Labute approximate surface area is 74.1 Å². The first-order valence-corrected chi connectivity index (χ1v) is 7.58. The van der Waals surface area contributed by atoms with Crippen molar-refractivity contribution in [2.24, 2.45) is 0 Å². The van der Waals surface area contributed by atoms with Crippen LogP contribution in [-0.2, 0) is 4.74 Å². The third-order valence-electron chi connectivity index (χ3n) is 1.12. The van der Waals surface area contributed by atoms with Crippen LogP contribution in [0.4, 0.5) is 0 Å². The average molecular weight is 247 g/mol. The van der Waals surface area contributed by atoms with Crippen LogP contribution in [0.1, 0.15) is 26.7 Å². The number of ether oxygens (including phenoxy) is 1. The molecule has 0 aliphatic heterocycles. The van der Waals surface area contributed by atoms with E-state index in [1.807, 2.05) is 13.2 Å². The molecule has 0 aromatic heterocycles. The first kappa shape index (κ1) is 10.3. The predicted octanol–water partition coefficient (Wildman–Crippen LogP) is 2.42. The predicted molar refractivity (Wildman–Crippen MR) is 46.2 cm³/mol. The summed E-state index contributed by atoms with van der Waals surface area (Å²) >= 11 is -0.169. The Bertz CT molecular complexity index is 81.3. The molecule has 0 heterocycles. The molecule has 0 aliphatic carbocycles. The third kappa shape index (κ3) is 8.34. The van der Waals surface area contributed by atoms with E-state index in [4.69, 9.17) is 4.74 Å². The summed E-state index contributed by atoms with van der Waals surface area (Å²) in [6.45, 7) is 5.07. The van der Waals surface area contributed by atoms with Gasteiger partial charge in [0.15, 0.2) is 0 Å². The van der Waals surface area contributed by atoms with E-state index >= 15 is 0 Å². The van der Waals surface area contributed by atoms with Crippen LogP contribution in [-0.4, -0.2) is 27.7 Å². The van der Waals surface area contributed by atoms with Crippen LogP contribution in [0.5, 0.6) is 0 Å². The van der Waals surface area contributed by atoms with Gasteiger partial charge in [0.05, 0.1) is 0 Å². The summed E-state index contributed by atoms with van der Waals surface area (Å²) in [7, 11) is 0. The topological polar surface area (TPSA) is 9.23 Å². The van der Waals surface area contributed by atoms with Gasteiger partial charge in [-0.3, -0.25) is 0 Å². The summed E-state index contributed by atoms with van der Waals surface area (Å²) in [4.78, 5) is 0. The molecule has 0 aliphatic rings. The van der Waals surface area contributed by atoms with Crippen LogP contribution in [0, 0.1) is 0 Å². The minimum atomic E-state index is -0.169. The van der Waals surface area contributed by atoms with Gasteiger partial charge in [-0.1, -0.05) is 0 Å². The second-order valence-electron chi connectivity index (χ2n) is 2.07. The van der Waals surface area contributed by atoms with Crippen molar-refractivity contribution >= 4 is 21.1 Å². The summed E-state index contributed by atoms with van der Waals surface area (Å²) in [6.07, 6.45) is 4.62. The zero-order valence-electron chi connectivity index (χ0n) is 6.89. The van der Waals surface area contributed by atoms with Gasteiger partial charge in [0.1, 0.15) is 0 Å². The molecule has 0 amide bonds. The van der Waals surface area contributed by atoms with E-state index in [-0.39, 0.29) is 21.1 Å². The normalized spacial score (nSPS) is 10.6. The molecule has 0 saturated carbocycles. The van der Waals surface area contributed by atoms with E-state index in [2.05, 4.69) is 11.0 Å². The molecular weight excluding hydrogens is 231 g/mol. The quantitative estimate of drug-likeness (QED) is 0.398. The van der Waals surface area contributed by atoms with E-state index in [1.54, 1.807) is 0 Å². The Kier molecular flexibility index (Phi) is 9.66. The fraction of sp³-hybridized carbons (Fsp3) is 0.750. The zero-order chi connectivity index (χ0) is 7.66. The fourth-order valence-corrected chi connectivity index (χ4v) is 3.17. The van der Waals surface area contributed by atoms with Crippen LogP contribution in [0.3, 0.4) is 0 Å². The number of hydrogen-bond acceptors (Lipinski definition) is 1. The summed E-state index contributed by atoms with van der Waals surface area (Å²) in [5.74, 6) is 0. The zero-order valence-corrected chi connectivity index (χ0v) is 9.75. The van der Waals surface area contributed by atoms with Crippen LogP contribution >= 0.6 is 0 Å². The molecule has 0 unspecified atom stereocenters. The Hall–Kier alpha value is 0.339. The Morgan fingerprint density at radius 1 is 1.40 bits per heavy atom. The van der Waals surface area contributed by atoms with Crippen LogP contribution < -0.4 is 0 Å². The standard InChI is InChI=1S/C4H7O.C4H9.Sn/c1-3-5-4-2;1-3-4-2;/h1,3H,4H2,2H3;1,3-4H2,2H3;. The van der Waals surface area contributed by atoms with Gasteiger partial charge < -0.3 is 0 Å². The number of hydrogen-bond donors (Lipinski definition) is 0. The van der Waals surface area contributed by atoms with Crippen molar-refractivity contribution in [1.29, 1.82) is 0 Å². The Morgan fingerprint density at radius 3 is 2.80 bits per heavy atom. The van der Waals surface area contributed by atoms with Gasteiger partial charge in [-0.05, 0) is 0 Å². The average Bonchev–Trinajstić information content (AvgIpc) is 1.97. The molecule has 0 rings (SSSR count). The molecule has 0 aromatic carbocycles. The molecule has 2 heteroatoms. The summed E-state index contributed by atoms with van der Waals surface area (Å²) < 4.78 is 8.80. The molecule has 0 spiro atoms. The van der Waals surface area contributed by atoms with Gasteiger partial charge in [0.2, 0.25) is 0 Å². The Balaban J connectivity index is 2.88. The van der Waals surface area contributed by atoms with E-state index in [1.165, 1.54) is 17.3 Å². The first-order chi connectivity index (χ1) is 4.91. The van der Waals surface area contributed by atoms with Crippen molar-refractivity contribution in [2.45, 2.75) is 31.1 Å². The summed E-state index contributed by atoms with van der Waals surface area (Å²) in [5.41, 5.74) is 0. The molecule has 10 heavy (non-hydrogen) atoms. The minimum absolute atomic E-state index is 0.169. The van der Waals surface area contributed by atoms with E-state index in [0.29, 0.717) is 0 Å². The molecule has 0 bridgehead atoms. The monoisotopic (exact) mass is 248 g/mol. The molecule has 0 atom stereocenters. The Morgan fingerprint density at radius 2 is 2.20 bits per heavy atom. The van der Waals surface area contributed by atoms with Crippen molar-refractivity contribution in [3.8, 4) is 0 Å². The molecule has 1 nitrogen and oxygen atoms in total. The second kappa shape index (κ2) is 9.34. The molecule has 58 valence electrons.